The van der Waals surface area contributed by atoms with Gasteiger partial charge in [-0.05, 0) is 79.0 Å². The van der Waals surface area contributed by atoms with Gasteiger partial charge in [0.05, 0.1) is 31.9 Å². The molecule has 294 valence electrons. The van der Waals surface area contributed by atoms with Crippen LogP contribution in [0, 0.1) is 10.8 Å². The molecule has 12 nitrogen and oxygen atoms in total. The average Bonchev–Trinajstić information content (AvgIpc) is 3.63. The highest BCUT2D eigenvalue weighted by Gasteiger charge is 2.57. The van der Waals surface area contributed by atoms with Gasteiger partial charge in [0.1, 0.15) is 22.0 Å². The van der Waals surface area contributed by atoms with E-state index in [-0.39, 0.29) is 68.2 Å². The Morgan fingerprint density at radius 1 is 0.815 bits per heavy atom. The number of hydrogen-bond acceptors (Lipinski definition) is 10. The number of ether oxygens (including phenoxy) is 4. The number of nitrogens with zero attached hydrogens (tertiary/aromatic N) is 2. The number of carbonyl (C=O) groups is 4. The first-order valence-corrected chi connectivity index (χ1v) is 18.4. The molecular formula is C42H56N2O10. The fourth-order valence-corrected chi connectivity index (χ4v) is 6.64. The summed E-state index contributed by atoms with van der Waals surface area (Å²) in [6, 6.07) is 19.5. The molecule has 0 bridgehead atoms. The van der Waals surface area contributed by atoms with Gasteiger partial charge in [0, 0.05) is 31.7 Å². The van der Waals surface area contributed by atoms with Crippen LogP contribution in [-0.2, 0) is 47.7 Å². The van der Waals surface area contributed by atoms with Gasteiger partial charge >= 0.3 is 18.1 Å². The SMILES string of the molecule is CCCOC[C@]1(C(=O)OC(C)(C)C)CC(=O)N([C@H](C)c2ccccc2)C1.C[C@H](c1ccccc1)N1C[C@]2(C(=O)OC(C)(C)C)COCC=C2C1=O.O=C=O. The van der Waals surface area contributed by atoms with Crippen LogP contribution in [0.2, 0.25) is 0 Å². The molecule has 3 aliphatic heterocycles. The van der Waals surface area contributed by atoms with Crippen LogP contribution in [-0.4, -0.2) is 90.4 Å². The Balaban J connectivity index is 0.000000271. The van der Waals surface area contributed by atoms with Crippen LogP contribution < -0.4 is 0 Å². The third-order valence-corrected chi connectivity index (χ3v) is 9.33. The van der Waals surface area contributed by atoms with Crippen LogP contribution in [0.25, 0.3) is 0 Å². The van der Waals surface area contributed by atoms with Crippen LogP contribution in [0.1, 0.15) is 98.4 Å². The molecule has 2 aromatic rings. The molecule has 0 spiro atoms. The van der Waals surface area contributed by atoms with Gasteiger partial charge in [0.25, 0.3) is 5.91 Å². The van der Waals surface area contributed by atoms with Crippen LogP contribution in [0.5, 0.6) is 0 Å². The Morgan fingerprint density at radius 3 is 1.81 bits per heavy atom. The lowest BCUT2D eigenvalue weighted by Gasteiger charge is -2.33. The molecule has 0 radical (unpaired) electrons. The molecule has 0 aromatic heterocycles. The lowest BCUT2D eigenvalue weighted by molar-refractivity contribution is -0.192. The van der Waals surface area contributed by atoms with Gasteiger partial charge in [0.2, 0.25) is 5.91 Å². The normalized spacial score (nSPS) is 22.0. The number of esters is 2. The maximum atomic E-state index is 13.0. The standard InChI is InChI=1S/C21H31NO4.C20H25NO4.CO2/c1-6-12-25-15-21(19(24)26-20(3,4)5)13-18(23)22(14-21)16(2)17-10-8-7-9-11-17;1-14(15-8-6-5-7-9-15)21-12-20(18(23)25-19(2,3)4)13-24-11-10-16(20)17(21)22;2-1-3/h7-11,16H,6,12-15H2,1-5H3;5-10,14H,11-13H2,1-4H3;/t16-,21+;14-,20+;/m11./s1. The Hall–Kier alpha value is -4.64. The summed E-state index contributed by atoms with van der Waals surface area (Å²) in [6.07, 6.45) is 2.97. The molecule has 0 aliphatic carbocycles. The number of carbonyl (C=O) groups excluding carboxylic acids is 6. The molecule has 0 N–H and O–H groups in total. The molecule has 12 heteroatoms. The minimum atomic E-state index is -1.04. The minimum Gasteiger partial charge on any atom is -0.459 e. The van der Waals surface area contributed by atoms with E-state index in [4.69, 9.17) is 28.5 Å². The quantitative estimate of drug-likeness (QED) is 0.209. The molecule has 54 heavy (non-hydrogen) atoms. The number of likely N-dealkylation sites (tertiary alicyclic amines) is 2. The summed E-state index contributed by atoms with van der Waals surface area (Å²) in [7, 11) is 0. The number of rotatable bonds is 10. The van der Waals surface area contributed by atoms with E-state index in [0.29, 0.717) is 25.3 Å². The van der Waals surface area contributed by atoms with Gasteiger partial charge in [-0.3, -0.25) is 19.2 Å². The van der Waals surface area contributed by atoms with Gasteiger partial charge in [0.15, 0.2) is 0 Å². The van der Waals surface area contributed by atoms with Gasteiger partial charge in [-0.2, -0.15) is 9.59 Å². The fourth-order valence-electron chi connectivity index (χ4n) is 6.64. The van der Waals surface area contributed by atoms with Gasteiger partial charge in [-0.15, -0.1) is 0 Å². The van der Waals surface area contributed by atoms with Crippen molar-refractivity contribution < 1.29 is 47.7 Å². The van der Waals surface area contributed by atoms with E-state index in [2.05, 4.69) is 0 Å². The van der Waals surface area contributed by atoms with Gasteiger partial charge in [-0.25, -0.2) is 0 Å². The van der Waals surface area contributed by atoms with Crippen molar-refractivity contribution >= 4 is 29.9 Å². The molecule has 2 saturated heterocycles. The van der Waals surface area contributed by atoms with E-state index >= 15 is 0 Å². The molecule has 0 saturated carbocycles. The Bertz CT molecular complexity index is 1660. The zero-order chi connectivity index (χ0) is 40.3. The molecule has 2 amide bonds. The van der Waals surface area contributed by atoms with Crippen LogP contribution >= 0.6 is 0 Å². The zero-order valence-corrected chi connectivity index (χ0v) is 33.1. The molecule has 5 rings (SSSR count). The smallest absolute Gasteiger partial charge is 0.373 e. The second-order valence-electron chi connectivity index (χ2n) is 15.9. The number of fused-ring (bicyclic) bond motifs is 1. The third-order valence-electron chi connectivity index (χ3n) is 9.33. The maximum Gasteiger partial charge on any atom is 0.373 e. The van der Waals surface area contributed by atoms with Crippen molar-refractivity contribution in [2.75, 3.05) is 39.5 Å². The van der Waals surface area contributed by atoms with Crippen molar-refractivity contribution in [3.8, 4) is 0 Å². The number of amides is 2. The van der Waals surface area contributed by atoms with Crippen LogP contribution in [0.4, 0.5) is 0 Å². The summed E-state index contributed by atoms with van der Waals surface area (Å²) in [5.41, 5.74) is -0.595. The lowest BCUT2D eigenvalue weighted by atomic mass is 9.81. The topological polar surface area (TPSA) is 146 Å². The van der Waals surface area contributed by atoms with Crippen molar-refractivity contribution in [2.24, 2.45) is 10.8 Å². The predicted molar refractivity (Wildman–Crippen MR) is 199 cm³/mol. The first kappa shape index (κ1) is 43.8. The highest BCUT2D eigenvalue weighted by molar-refractivity contribution is 6.05. The van der Waals surface area contributed by atoms with E-state index in [0.717, 1.165) is 17.5 Å². The summed E-state index contributed by atoms with van der Waals surface area (Å²) in [6.45, 7) is 18.9. The summed E-state index contributed by atoms with van der Waals surface area (Å²) < 4.78 is 22.5. The first-order chi connectivity index (χ1) is 25.3. The number of hydrogen-bond donors (Lipinski definition) is 0. The van der Waals surface area contributed by atoms with E-state index < -0.39 is 22.0 Å². The van der Waals surface area contributed by atoms with Gasteiger partial charge < -0.3 is 28.7 Å². The molecule has 3 heterocycles. The summed E-state index contributed by atoms with van der Waals surface area (Å²) >= 11 is 0. The van der Waals surface area contributed by atoms with Crippen molar-refractivity contribution in [1.29, 1.82) is 0 Å². The Kier molecular flexibility index (Phi) is 15.1. The summed E-state index contributed by atoms with van der Waals surface area (Å²) in [5, 5.41) is 0. The van der Waals surface area contributed by atoms with Crippen molar-refractivity contribution in [3.05, 3.63) is 83.4 Å². The first-order valence-electron chi connectivity index (χ1n) is 18.4. The van der Waals surface area contributed by atoms with E-state index in [9.17, 15) is 19.2 Å². The zero-order valence-electron chi connectivity index (χ0n) is 33.1. The fraction of sp³-hybridized carbons (Fsp3) is 0.548. The minimum absolute atomic E-state index is 0.0349. The van der Waals surface area contributed by atoms with Crippen LogP contribution in [0.15, 0.2) is 72.3 Å². The second kappa shape index (κ2) is 18.6. The summed E-state index contributed by atoms with van der Waals surface area (Å²) in [5.74, 6) is -0.878. The number of benzene rings is 2. The van der Waals surface area contributed by atoms with Crippen molar-refractivity contribution in [3.63, 3.8) is 0 Å². The average molecular weight is 749 g/mol. The second-order valence-corrected chi connectivity index (χ2v) is 15.9. The highest BCUT2D eigenvalue weighted by Crippen LogP contribution is 2.44. The largest absolute Gasteiger partial charge is 0.459 e. The predicted octanol–water partition coefficient (Wildman–Crippen LogP) is 6.03. The Labute approximate surface area is 319 Å². The molecule has 4 atom stereocenters. The van der Waals surface area contributed by atoms with Crippen molar-refractivity contribution in [1.82, 2.24) is 9.80 Å². The van der Waals surface area contributed by atoms with E-state index in [1.54, 1.807) is 15.9 Å². The molecule has 3 aliphatic rings. The van der Waals surface area contributed by atoms with Gasteiger partial charge in [-0.1, -0.05) is 67.6 Å². The maximum absolute atomic E-state index is 13.0. The monoisotopic (exact) mass is 748 g/mol. The highest BCUT2D eigenvalue weighted by atomic mass is 16.6. The van der Waals surface area contributed by atoms with Crippen LogP contribution in [0.3, 0.4) is 0 Å². The van der Waals surface area contributed by atoms with E-state index in [1.165, 1.54) is 0 Å². The van der Waals surface area contributed by atoms with E-state index in [1.807, 2.05) is 123 Å². The van der Waals surface area contributed by atoms with Crippen molar-refractivity contribution in [2.45, 2.75) is 98.4 Å². The third kappa shape index (κ3) is 11.0. The molecule has 2 aromatic carbocycles. The molecular weight excluding hydrogens is 692 g/mol. The summed E-state index contributed by atoms with van der Waals surface area (Å²) in [4.78, 5) is 71.5. The lowest BCUT2D eigenvalue weighted by Crippen LogP contribution is -2.45. The Morgan fingerprint density at radius 2 is 1.31 bits per heavy atom. The molecule has 2 fully saturated rings. The molecule has 0 unspecified atom stereocenters.